The van der Waals surface area contributed by atoms with Gasteiger partial charge in [0.25, 0.3) is 0 Å². The standard InChI is InChI=1S/C13H23N3O2/c1-3-5-16-11(2)12(7-14-16)8-15-6-4-13(18,9-15)10-17/h7,17-18H,3-6,8-10H2,1-2H3/t13-/m1/s1. The first kappa shape index (κ1) is 13.5. The van der Waals surface area contributed by atoms with Crippen LogP contribution in [0.3, 0.4) is 0 Å². The molecule has 0 bridgehead atoms. The number of aliphatic hydroxyl groups excluding tert-OH is 1. The minimum atomic E-state index is -0.909. The minimum Gasteiger partial charge on any atom is -0.393 e. The van der Waals surface area contributed by atoms with E-state index in [1.807, 2.05) is 10.9 Å². The fourth-order valence-electron chi connectivity index (χ4n) is 2.52. The van der Waals surface area contributed by atoms with Gasteiger partial charge >= 0.3 is 0 Å². The molecule has 0 radical (unpaired) electrons. The van der Waals surface area contributed by atoms with Crippen molar-refractivity contribution in [3.63, 3.8) is 0 Å². The van der Waals surface area contributed by atoms with Gasteiger partial charge in [-0.05, 0) is 19.8 Å². The van der Waals surface area contributed by atoms with Gasteiger partial charge in [0.2, 0.25) is 0 Å². The van der Waals surface area contributed by atoms with Gasteiger partial charge in [-0.2, -0.15) is 5.10 Å². The van der Waals surface area contributed by atoms with E-state index in [4.69, 9.17) is 5.11 Å². The Balaban J connectivity index is 1.98. The monoisotopic (exact) mass is 253 g/mol. The molecule has 1 atom stereocenters. The van der Waals surface area contributed by atoms with E-state index in [0.29, 0.717) is 13.0 Å². The molecular formula is C13H23N3O2. The number of aliphatic hydroxyl groups is 2. The van der Waals surface area contributed by atoms with Gasteiger partial charge < -0.3 is 10.2 Å². The van der Waals surface area contributed by atoms with E-state index in [-0.39, 0.29) is 6.61 Å². The number of aromatic nitrogens is 2. The predicted molar refractivity (Wildman–Crippen MR) is 69.2 cm³/mol. The molecule has 5 heteroatoms. The molecule has 102 valence electrons. The van der Waals surface area contributed by atoms with E-state index in [0.717, 1.165) is 26.1 Å². The van der Waals surface area contributed by atoms with Crippen LogP contribution in [0.2, 0.25) is 0 Å². The maximum Gasteiger partial charge on any atom is 0.102 e. The average Bonchev–Trinajstić information content (AvgIpc) is 2.89. The van der Waals surface area contributed by atoms with E-state index in [2.05, 4.69) is 23.8 Å². The summed E-state index contributed by atoms with van der Waals surface area (Å²) < 4.78 is 2.03. The summed E-state index contributed by atoms with van der Waals surface area (Å²) in [5.41, 5.74) is 1.51. The number of likely N-dealkylation sites (tertiary alicyclic amines) is 1. The Bertz CT molecular complexity index is 405. The Kier molecular flexibility index (Phi) is 4.04. The van der Waals surface area contributed by atoms with Crippen molar-refractivity contribution in [1.29, 1.82) is 0 Å². The lowest BCUT2D eigenvalue weighted by molar-refractivity contribution is -0.00581. The second kappa shape index (κ2) is 5.38. The molecule has 1 aliphatic rings. The van der Waals surface area contributed by atoms with Crippen LogP contribution in [0.1, 0.15) is 31.0 Å². The lowest BCUT2D eigenvalue weighted by Crippen LogP contribution is -2.36. The molecule has 1 aromatic heterocycles. The van der Waals surface area contributed by atoms with Crippen LogP contribution in [-0.2, 0) is 13.1 Å². The van der Waals surface area contributed by atoms with Crippen LogP contribution >= 0.6 is 0 Å². The van der Waals surface area contributed by atoms with Crippen LogP contribution in [0.15, 0.2) is 6.20 Å². The summed E-state index contributed by atoms with van der Waals surface area (Å²) >= 11 is 0. The zero-order valence-corrected chi connectivity index (χ0v) is 11.3. The Labute approximate surface area is 108 Å². The molecule has 2 N–H and O–H groups in total. The molecule has 5 nitrogen and oxygen atoms in total. The molecule has 0 saturated carbocycles. The first-order valence-electron chi connectivity index (χ1n) is 6.65. The van der Waals surface area contributed by atoms with Crippen LogP contribution in [0.5, 0.6) is 0 Å². The topological polar surface area (TPSA) is 61.5 Å². The third kappa shape index (κ3) is 2.74. The highest BCUT2D eigenvalue weighted by Gasteiger charge is 2.35. The maximum absolute atomic E-state index is 9.99. The van der Waals surface area contributed by atoms with Gasteiger partial charge in [-0.3, -0.25) is 9.58 Å². The summed E-state index contributed by atoms with van der Waals surface area (Å²) in [6.45, 7) is 7.20. The van der Waals surface area contributed by atoms with Gasteiger partial charge in [0.1, 0.15) is 5.60 Å². The predicted octanol–water partition coefficient (Wildman–Crippen LogP) is 0.531. The van der Waals surface area contributed by atoms with Crippen LogP contribution in [0, 0.1) is 6.92 Å². The molecular weight excluding hydrogens is 230 g/mol. The summed E-state index contributed by atoms with van der Waals surface area (Å²) in [5, 5.41) is 23.5. The van der Waals surface area contributed by atoms with E-state index in [1.54, 1.807) is 0 Å². The molecule has 1 saturated heterocycles. The molecule has 0 spiro atoms. The quantitative estimate of drug-likeness (QED) is 0.803. The smallest absolute Gasteiger partial charge is 0.102 e. The second-order valence-electron chi connectivity index (χ2n) is 5.32. The van der Waals surface area contributed by atoms with Crippen molar-refractivity contribution in [2.45, 2.75) is 45.4 Å². The van der Waals surface area contributed by atoms with Gasteiger partial charge in [0.15, 0.2) is 0 Å². The summed E-state index contributed by atoms with van der Waals surface area (Å²) in [7, 11) is 0. The van der Waals surface area contributed by atoms with E-state index in [9.17, 15) is 5.11 Å². The maximum atomic E-state index is 9.99. The van der Waals surface area contributed by atoms with Gasteiger partial charge in [-0.1, -0.05) is 6.92 Å². The third-order valence-corrected chi connectivity index (χ3v) is 3.74. The molecule has 0 aliphatic carbocycles. The number of aryl methyl sites for hydroxylation is 1. The normalized spacial score (nSPS) is 24.9. The average molecular weight is 253 g/mol. The molecule has 0 unspecified atom stereocenters. The Morgan fingerprint density at radius 3 is 2.89 bits per heavy atom. The largest absolute Gasteiger partial charge is 0.393 e. The highest BCUT2D eigenvalue weighted by atomic mass is 16.3. The molecule has 1 aliphatic heterocycles. The van der Waals surface area contributed by atoms with Crippen LogP contribution in [0.25, 0.3) is 0 Å². The van der Waals surface area contributed by atoms with Crippen LogP contribution in [-0.4, -0.2) is 50.2 Å². The molecule has 2 rings (SSSR count). The van der Waals surface area contributed by atoms with Crippen molar-refractivity contribution in [2.24, 2.45) is 0 Å². The first-order valence-corrected chi connectivity index (χ1v) is 6.65. The molecule has 0 amide bonds. The minimum absolute atomic E-state index is 0.155. The molecule has 18 heavy (non-hydrogen) atoms. The second-order valence-corrected chi connectivity index (χ2v) is 5.32. The van der Waals surface area contributed by atoms with Crippen LogP contribution in [0.4, 0.5) is 0 Å². The number of hydrogen-bond acceptors (Lipinski definition) is 4. The van der Waals surface area contributed by atoms with E-state index in [1.165, 1.54) is 11.3 Å². The summed E-state index contributed by atoms with van der Waals surface area (Å²) in [6.07, 6.45) is 3.64. The summed E-state index contributed by atoms with van der Waals surface area (Å²) in [5.74, 6) is 0. The fourth-order valence-corrected chi connectivity index (χ4v) is 2.52. The van der Waals surface area contributed by atoms with E-state index >= 15 is 0 Å². The highest BCUT2D eigenvalue weighted by Crippen LogP contribution is 2.23. The van der Waals surface area contributed by atoms with Crippen LogP contribution < -0.4 is 0 Å². The number of rotatable bonds is 5. The zero-order valence-electron chi connectivity index (χ0n) is 11.3. The van der Waals surface area contributed by atoms with Gasteiger partial charge in [0, 0.05) is 37.4 Å². The zero-order chi connectivity index (χ0) is 13.2. The lowest BCUT2D eigenvalue weighted by atomic mass is 10.1. The van der Waals surface area contributed by atoms with Crippen molar-refractivity contribution in [3.8, 4) is 0 Å². The van der Waals surface area contributed by atoms with Crippen molar-refractivity contribution in [1.82, 2.24) is 14.7 Å². The highest BCUT2D eigenvalue weighted by molar-refractivity contribution is 5.16. The number of β-amino-alcohol motifs (C(OH)–C–C–N with tert-alkyl or cyclic N) is 1. The number of hydrogen-bond donors (Lipinski definition) is 2. The Morgan fingerprint density at radius 2 is 2.28 bits per heavy atom. The SMILES string of the molecule is CCCn1ncc(CN2CC[C@](O)(CO)C2)c1C. The first-order chi connectivity index (χ1) is 8.58. The van der Waals surface area contributed by atoms with Gasteiger partial charge in [0.05, 0.1) is 12.8 Å². The molecule has 0 aromatic carbocycles. The van der Waals surface area contributed by atoms with Gasteiger partial charge in [-0.25, -0.2) is 0 Å². The Hall–Kier alpha value is -0.910. The van der Waals surface area contributed by atoms with Crippen molar-refractivity contribution >= 4 is 0 Å². The molecule has 1 fully saturated rings. The van der Waals surface area contributed by atoms with Gasteiger partial charge in [-0.15, -0.1) is 0 Å². The summed E-state index contributed by atoms with van der Waals surface area (Å²) in [4.78, 5) is 2.18. The Morgan fingerprint density at radius 1 is 1.50 bits per heavy atom. The summed E-state index contributed by atoms with van der Waals surface area (Å²) in [6, 6.07) is 0. The molecule has 1 aromatic rings. The lowest BCUT2D eigenvalue weighted by Gasteiger charge is -2.20. The third-order valence-electron chi connectivity index (χ3n) is 3.74. The van der Waals surface area contributed by atoms with Crippen molar-refractivity contribution in [3.05, 3.63) is 17.5 Å². The van der Waals surface area contributed by atoms with Crippen molar-refractivity contribution in [2.75, 3.05) is 19.7 Å². The van der Waals surface area contributed by atoms with E-state index < -0.39 is 5.60 Å². The fraction of sp³-hybridized carbons (Fsp3) is 0.769. The number of nitrogens with zero attached hydrogens (tertiary/aromatic N) is 3. The molecule has 2 heterocycles. The van der Waals surface area contributed by atoms with Crippen molar-refractivity contribution < 1.29 is 10.2 Å².